The number of amides is 1. The van der Waals surface area contributed by atoms with Crippen molar-refractivity contribution in [3.05, 3.63) is 29.8 Å². The highest BCUT2D eigenvalue weighted by molar-refractivity contribution is 6.18. The van der Waals surface area contributed by atoms with E-state index in [1.807, 2.05) is 0 Å². The lowest BCUT2D eigenvalue weighted by atomic mass is 10.2. The molecular formula is C10H10ClNO4. The minimum atomic E-state index is -1.03. The smallest absolute Gasteiger partial charge is 0.412 e. The average Bonchev–Trinajstić information content (AvgIpc) is 2.27. The highest BCUT2D eigenvalue weighted by Crippen LogP contribution is 2.12. The summed E-state index contributed by atoms with van der Waals surface area (Å²) in [6.45, 7) is 0.313. The predicted molar refractivity (Wildman–Crippen MR) is 58.1 cm³/mol. The molecule has 0 heterocycles. The van der Waals surface area contributed by atoms with Gasteiger partial charge in [0, 0.05) is 12.4 Å². The van der Waals surface area contributed by atoms with Crippen LogP contribution < -0.4 is 10.1 Å². The molecule has 0 radical (unpaired) electrons. The molecule has 16 heavy (non-hydrogen) atoms. The molecule has 1 aromatic rings. The van der Waals surface area contributed by atoms with Crippen molar-refractivity contribution in [1.82, 2.24) is 5.32 Å². The van der Waals surface area contributed by atoms with Gasteiger partial charge in [-0.2, -0.15) is 0 Å². The quantitative estimate of drug-likeness (QED) is 0.790. The van der Waals surface area contributed by atoms with Crippen molar-refractivity contribution >= 4 is 23.7 Å². The van der Waals surface area contributed by atoms with E-state index in [1.165, 1.54) is 24.3 Å². The van der Waals surface area contributed by atoms with Gasteiger partial charge in [0.2, 0.25) is 0 Å². The van der Waals surface area contributed by atoms with E-state index in [1.54, 1.807) is 0 Å². The van der Waals surface area contributed by atoms with Gasteiger partial charge < -0.3 is 15.2 Å². The van der Waals surface area contributed by atoms with Gasteiger partial charge in [-0.05, 0) is 24.3 Å². The Morgan fingerprint density at radius 3 is 2.44 bits per heavy atom. The molecule has 0 saturated heterocycles. The Hall–Kier alpha value is -1.75. The zero-order valence-electron chi connectivity index (χ0n) is 8.27. The molecule has 0 unspecified atom stereocenters. The molecule has 0 aliphatic rings. The maximum absolute atomic E-state index is 11.1. The Labute approximate surface area is 97.0 Å². The number of hydrogen-bond donors (Lipinski definition) is 2. The van der Waals surface area contributed by atoms with Crippen LogP contribution in [0.25, 0.3) is 0 Å². The summed E-state index contributed by atoms with van der Waals surface area (Å²) in [6.07, 6.45) is -0.622. The van der Waals surface area contributed by atoms with Crippen LogP contribution in [0.15, 0.2) is 24.3 Å². The van der Waals surface area contributed by atoms with Crippen LogP contribution in [0.3, 0.4) is 0 Å². The third-order valence-corrected chi connectivity index (χ3v) is 1.86. The lowest BCUT2D eigenvalue weighted by Crippen LogP contribution is -2.28. The highest BCUT2D eigenvalue weighted by atomic mass is 35.5. The van der Waals surface area contributed by atoms with Gasteiger partial charge in [0.15, 0.2) is 0 Å². The summed E-state index contributed by atoms with van der Waals surface area (Å²) in [7, 11) is 0. The Bertz CT molecular complexity index is 377. The second kappa shape index (κ2) is 5.97. The zero-order chi connectivity index (χ0) is 12.0. The summed E-state index contributed by atoms with van der Waals surface area (Å²) in [5, 5.41) is 11.0. The fourth-order valence-corrected chi connectivity index (χ4v) is 1.05. The van der Waals surface area contributed by atoms with E-state index < -0.39 is 12.1 Å². The molecule has 2 N–H and O–H groups in total. The third-order valence-electron chi connectivity index (χ3n) is 1.68. The van der Waals surface area contributed by atoms with Crippen molar-refractivity contribution in [3.8, 4) is 5.75 Å². The minimum Gasteiger partial charge on any atom is -0.478 e. The number of carbonyl (C=O) groups excluding carboxylic acids is 1. The van der Waals surface area contributed by atoms with Gasteiger partial charge in [-0.15, -0.1) is 11.6 Å². The zero-order valence-corrected chi connectivity index (χ0v) is 9.03. The topological polar surface area (TPSA) is 75.6 Å². The molecular weight excluding hydrogens is 234 g/mol. The van der Waals surface area contributed by atoms with Crippen LogP contribution in [0, 0.1) is 0 Å². The summed E-state index contributed by atoms with van der Waals surface area (Å²) >= 11 is 5.37. The third kappa shape index (κ3) is 3.78. The summed E-state index contributed by atoms with van der Waals surface area (Å²) in [5.41, 5.74) is 0.133. The Kier molecular flexibility index (Phi) is 4.60. The first-order chi connectivity index (χ1) is 7.63. The van der Waals surface area contributed by atoms with Crippen molar-refractivity contribution in [1.29, 1.82) is 0 Å². The molecule has 6 heteroatoms. The van der Waals surface area contributed by atoms with E-state index in [2.05, 4.69) is 5.32 Å². The van der Waals surface area contributed by atoms with Crippen LogP contribution >= 0.6 is 11.6 Å². The molecule has 0 saturated carbocycles. The molecule has 1 aromatic carbocycles. The van der Waals surface area contributed by atoms with Gasteiger partial charge in [0.05, 0.1) is 5.56 Å². The van der Waals surface area contributed by atoms with Crippen LogP contribution in [-0.4, -0.2) is 29.6 Å². The molecule has 0 bridgehead atoms. The Morgan fingerprint density at radius 2 is 1.94 bits per heavy atom. The number of nitrogens with one attached hydrogen (secondary N) is 1. The predicted octanol–water partition coefficient (Wildman–Crippen LogP) is 1.71. The Morgan fingerprint density at radius 1 is 1.31 bits per heavy atom. The number of aromatic carboxylic acids is 1. The lowest BCUT2D eigenvalue weighted by molar-refractivity contribution is 0.0697. The van der Waals surface area contributed by atoms with Gasteiger partial charge in [-0.25, -0.2) is 9.59 Å². The van der Waals surface area contributed by atoms with E-state index >= 15 is 0 Å². The van der Waals surface area contributed by atoms with E-state index in [0.29, 0.717) is 12.4 Å². The normalized spacial score (nSPS) is 9.56. The summed E-state index contributed by atoms with van der Waals surface area (Å²) in [6, 6.07) is 5.52. The second-order valence-corrected chi connectivity index (χ2v) is 3.21. The van der Waals surface area contributed by atoms with Crippen molar-refractivity contribution in [3.63, 3.8) is 0 Å². The Balaban J connectivity index is 2.55. The number of carboxylic acid groups (broad SMARTS) is 1. The van der Waals surface area contributed by atoms with Gasteiger partial charge in [0.1, 0.15) is 5.75 Å². The molecule has 1 rings (SSSR count). The lowest BCUT2D eigenvalue weighted by Gasteiger charge is -2.05. The first-order valence-corrected chi connectivity index (χ1v) is 5.02. The molecule has 1 amide bonds. The molecule has 0 aliphatic carbocycles. The number of benzene rings is 1. The molecule has 0 atom stereocenters. The van der Waals surface area contributed by atoms with E-state index in [4.69, 9.17) is 21.4 Å². The molecule has 86 valence electrons. The molecule has 0 aromatic heterocycles. The summed E-state index contributed by atoms with van der Waals surface area (Å²) in [4.78, 5) is 21.6. The highest BCUT2D eigenvalue weighted by Gasteiger charge is 2.05. The number of hydrogen-bond acceptors (Lipinski definition) is 3. The fraction of sp³-hybridized carbons (Fsp3) is 0.200. The first kappa shape index (κ1) is 12.3. The van der Waals surface area contributed by atoms with Crippen LogP contribution in [-0.2, 0) is 0 Å². The monoisotopic (exact) mass is 243 g/mol. The maximum atomic E-state index is 11.1. The molecule has 0 aliphatic heterocycles. The number of alkyl halides is 1. The fourth-order valence-electron chi connectivity index (χ4n) is 0.958. The second-order valence-electron chi connectivity index (χ2n) is 2.83. The van der Waals surface area contributed by atoms with Crippen LogP contribution in [0.2, 0.25) is 0 Å². The van der Waals surface area contributed by atoms with Crippen molar-refractivity contribution in [2.75, 3.05) is 12.4 Å². The number of ether oxygens (including phenoxy) is 1. The minimum absolute atomic E-state index is 0.133. The number of rotatable bonds is 4. The van der Waals surface area contributed by atoms with Crippen molar-refractivity contribution in [2.45, 2.75) is 0 Å². The SMILES string of the molecule is O=C(NCCCl)Oc1ccc(C(=O)O)cc1. The van der Waals surface area contributed by atoms with Gasteiger partial charge >= 0.3 is 12.1 Å². The number of carbonyl (C=O) groups is 2. The summed E-state index contributed by atoms with van der Waals surface area (Å²) in [5.74, 6) is -0.456. The van der Waals surface area contributed by atoms with E-state index in [-0.39, 0.29) is 11.3 Å². The summed E-state index contributed by atoms with van der Waals surface area (Å²) < 4.78 is 4.85. The van der Waals surface area contributed by atoms with Gasteiger partial charge in [0.25, 0.3) is 0 Å². The van der Waals surface area contributed by atoms with Crippen LogP contribution in [0.5, 0.6) is 5.75 Å². The van der Waals surface area contributed by atoms with Gasteiger partial charge in [-0.1, -0.05) is 0 Å². The van der Waals surface area contributed by atoms with E-state index in [9.17, 15) is 9.59 Å². The van der Waals surface area contributed by atoms with Crippen molar-refractivity contribution < 1.29 is 19.4 Å². The first-order valence-electron chi connectivity index (χ1n) is 4.48. The van der Waals surface area contributed by atoms with Crippen LogP contribution in [0.4, 0.5) is 4.79 Å². The van der Waals surface area contributed by atoms with Crippen LogP contribution in [0.1, 0.15) is 10.4 Å². The maximum Gasteiger partial charge on any atom is 0.412 e. The van der Waals surface area contributed by atoms with E-state index in [0.717, 1.165) is 0 Å². The standard InChI is InChI=1S/C10H10ClNO4/c11-5-6-12-10(15)16-8-3-1-7(2-4-8)9(13)14/h1-4H,5-6H2,(H,12,15)(H,13,14). The molecule has 0 spiro atoms. The number of halogens is 1. The van der Waals surface area contributed by atoms with Gasteiger partial charge in [-0.3, -0.25) is 0 Å². The average molecular weight is 244 g/mol. The molecule has 5 nitrogen and oxygen atoms in total. The largest absolute Gasteiger partial charge is 0.478 e. The van der Waals surface area contributed by atoms with Crippen molar-refractivity contribution in [2.24, 2.45) is 0 Å². The molecule has 0 fully saturated rings. The number of carboxylic acids is 1.